The molecule has 5 rings (SSSR count). The molecule has 0 amide bonds. The fraction of sp³-hybridized carbons (Fsp3) is 0.333. The lowest BCUT2D eigenvalue weighted by atomic mass is 10.1. The standard InChI is InChI=1S/C24H27N11/c1-15-5-7-35-21(15)20(17-4-6-27-19(12-17)34-10-8-33(3)9-11-34)31-23(32-35)16(2)30-24-18(13-25)22(26)28-14-29-24/h4-7,12,14,16H,8-11H2,1-3H3,(H3,26,28,29,30). The molecule has 0 aliphatic carbocycles. The number of aryl methyl sites for hydroxylation is 1. The van der Waals surface area contributed by atoms with Gasteiger partial charge in [0.25, 0.3) is 0 Å². The summed E-state index contributed by atoms with van der Waals surface area (Å²) < 4.78 is 1.85. The SMILES string of the molecule is Cc1ccn2nc(C(C)Nc3ncnc(N)c3C#N)nc(-c3ccnc(N4CCN(C)CC4)c3)c12. The van der Waals surface area contributed by atoms with Crippen LogP contribution in [0.3, 0.4) is 0 Å². The summed E-state index contributed by atoms with van der Waals surface area (Å²) in [5, 5.41) is 17.4. The van der Waals surface area contributed by atoms with Crippen molar-refractivity contribution in [1.82, 2.24) is 34.4 Å². The average molecular weight is 470 g/mol. The second-order valence-electron chi connectivity index (χ2n) is 8.76. The van der Waals surface area contributed by atoms with Gasteiger partial charge >= 0.3 is 0 Å². The monoisotopic (exact) mass is 469 g/mol. The minimum atomic E-state index is -0.346. The van der Waals surface area contributed by atoms with Gasteiger partial charge < -0.3 is 20.9 Å². The summed E-state index contributed by atoms with van der Waals surface area (Å²) in [5.41, 5.74) is 9.87. The molecule has 1 saturated heterocycles. The first-order valence-electron chi connectivity index (χ1n) is 11.5. The zero-order valence-electron chi connectivity index (χ0n) is 20.0. The van der Waals surface area contributed by atoms with Crippen LogP contribution in [0.2, 0.25) is 0 Å². The number of piperazine rings is 1. The van der Waals surface area contributed by atoms with E-state index in [0.717, 1.165) is 54.3 Å². The van der Waals surface area contributed by atoms with E-state index in [2.05, 4.69) is 56.2 Å². The van der Waals surface area contributed by atoms with Crippen LogP contribution < -0.4 is 16.0 Å². The van der Waals surface area contributed by atoms with Crippen LogP contribution >= 0.6 is 0 Å². The topological polar surface area (TPSA) is 137 Å². The van der Waals surface area contributed by atoms with Crippen molar-refractivity contribution in [3.05, 3.63) is 53.9 Å². The summed E-state index contributed by atoms with van der Waals surface area (Å²) in [4.78, 5) is 22.3. The molecule has 1 aliphatic rings. The maximum atomic E-state index is 9.47. The van der Waals surface area contributed by atoms with Crippen molar-refractivity contribution < 1.29 is 0 Å². The third kappa shape index (κ3) is 4.31. The minimum Gasteiger partial charge on any atom is -0.382 e. The van der Waals surface area contributed by atoms with E-state index >= 15 is 0 Å². The third-order valence-electron chi connectivity index (χ3n) is 6.30. The Balaban J connectivity index is 1.54. The molecule has 5 heterocycles. The first-order valence-corrected chi connectivity index (χ1v) is 11.5. The second kappa shape index (κ2) is 9.15. The van der Waals surface area contributed by atoms with Gasteiger partial charge in [0, 0.05) is 44.1 Å². The third-order valence-corrected chi connectivity index (χ3v) is 6.30. The summed E-state index contributed by atoms with van der Waals surface area (Å²) in [5.74, 6) is 1.98. The molecule has 35 heavy (non-hydrogen) atoms. The maximum Gasteiger partial charge on any atom is 0.171 e. The van der Waals surface area contributed by atoms with Gasteiger partial charge in [0.05, 0.1) is 17.3 Å². The zero-order chi connectivity index (χ0) is 24.5. The van der Waals surface area contributed by atoms with Crippen LogP contribution in [-0.2, 0) is 0 Å². The quantitative estimate of drug-likeness (QED) is 0.448. The number of nitriles is 1. The molecule has 11 nitrogen and oxygen atoms in total. The normalized spacial score (nSPS) is 15.2. The van der Waals surface area contributed by atoms with Gasteiger partial charge in [0.1, 0.15) is 35.4 Å². The van der Waals surface area contributed by atoms with E-state index in [0.29, 0.717) is 11.6 Å². The summed E-state index contributed by atoms with van der Waals surface area (Å²) in [7, 11) is 2.14. The van der Waals surface area contributed by atoms with Crippen LogP contribution in [0.5, 0.6) is 0 Å². The van der Waals surface area contributed by atoms with Crippen LogP contribution in [0.1, 0.15) is 29.9 Å². The molecule has 0 aromatic carbocycles. The van der Waals surface area contributed by atoms with Crippen LogP contribution in [-0.4, -0.2) is 67.7 Å². The molecule has 0 spiro atoms. The Bertz CT molecular complexity index is 1410. The predicted molar refractivity (Wildman–Crippen MR) is 134 cm³/mol. The Morgan fingerprint density at radius 1 is 1.14 bits per heavy atom. The number of fused-ring (bicyclic) bond motifs is 1. The lowest BCUT2D eigenvalue weighted by molar-refractivity contribution is 0.312. The molecule has 0 saturated carbocycles. The first kappa shape index (κ1) is 22.5. The van der Waals surface area contributed by atoms with Crippen molar-refractivity contribution in [2.24, 2.45) is 0 Å². The van der Waals surface area contributed by atoms with Crippen molar-refractivity contribution in [1.29, 1.82) is 5.26 Å². The summed E-state index contributed by atoms with van der Waals surface area (Å²) in [6, 6.07) is 7.82. The first-order chi connectivity index (χ1) is 16.9. The molecule has 0 bridgehead atoms. The van der Waals surface area contributed by atoms with E-state index < -0.39 is 0 Å². The molecular weight excluding hydrogens is 442 g/mol. The number of likely N-dealkylation sites (N-methyl/N-ethyl adjacent to an activating group) is 1. The van der Waals surface area contributed by atoms with Gasteiger partial charge in [-0.3, -0.25) is 0 Å². The second-order valence-corrected chi connectivity index (χ2v) is 8.76. The van der Waals surface area contributed by atoms with E-state index in [1.807, 2.05) is 36.0 Å². The molecule has 4 aromatic rings. The number of nitrogens with two attached hydrogens (primary N) is 1. The minimum absolute atomic E-state index is 0.128. The molecule has 1 fully saturated rings. The van der Waals surface area contributed by atoms with E-state index in [1.54, 1.807) is 0 Å². The highest BCUT2D eigenvalue weighted by Crippen LogP contribution is 2.29. The molecule has 4 aromatic heterocycles. The molecule has 3 N–H and O–H groups in total. The van der Waals surface area contributed by atoms with E-state index in [9.17, 15) is 5.26 Å². The van der Waals surface area contributed by atoms with Crippen molar-refractivity contribution >= 4 is 23.0 Å². The molecule has 178 valence electrons. The Morgan fingerprint density at radius 3 is 2.71 bits per heavy atom. The molecule has 0 radical (unpaired) electrons. The van der Waals surface area contributed by atoms with Crippen molar-refractivity contribution in [3.63, 3.8) is 0 Å². The van der Waals surface area contributed by atoms with Gasteiger partial charge in [-0.2, -0.15) is 10.4 Å². The predicted octanol–water partition coefficient (Wildman–Crippen LogP) is 2.27. The highest BCUT2D eigenvalue weighted by Gasteiger charge is 2.20. The van der Waals surface area contributed by atoms with Gasteiger partial charge in [0.2, 0.25) is 0 Å². The number of hydrogen-bond donors (Lipinski definition) is 2. The number of rotatable bonds is 5. The zero-order valence-corrected chi connectivity index (χ0v) is 20.0. The Labute approximate surface area is 203 Å². The van der Waals surface area contributed by atoms with Gasteiger partial charge in [-0.05, 0) is 44.7 Å². The molecule has 1 aliphatic heterocycles. The highest BCUT2D eigenvalue weighted by atomic mass is 15.3. The maximum absolute atomic E-state index is 9.47. The average Bonchev–Trinajstić information content (AvgIpc) is 3.25. The van der Waals surface area contributed by atoms with Gasteiger partial charge in [-0.1, -0.05) is 0 Å². The smallest absolute Gasteiger partial charge is 0.171 e. The number of nitrogens with one attached hydrogen (secondary N) is 1. The summed E-state index contributed by atoms with van der Waals surface area (Å²) >= 11 is 0. The fourth-order valence-corrected chi connectivity index (χ4v) is 4.24. The van der Waals surface area contributed by atoms with Crippen molar-refractivity contribution in [3.8, 4) is 17.3 Å². The highest BCUT2D eigenvalue weighted by molar-refractivity contribution is 5.80. The Morgan fingerprint density at radius 2 is 1.94 bits per heavy atom. The van der Waals surface area contributed by atoms with Gasteiger partial charge in [0.15, 0.2) is 5.82 Å². The summed E-state index contributed by atoms with van der Waals surface area (Å²) in [6.07, 6.45) is 5.09. The molecular formula is C24H27N11. The molecule has 11 heteroatoms. The number of nitrogens with zero attached hydrogens (tertiary/aromatic N) is 9. The fourth-order valence-electron chi connectivity index (χ4n) is 4.24. The lowest BCUT2D eigenvalue weighted by Gasteiger charge is -2.33. The number of hydrogen-bond acceptors (Lipinski definition) is 10. The van der Waals surface area contributed by atoms with Crippen molar-refractivity contribution in [2.75, 3.05) is 49.2 Å². The van der Waals surface area contributed by atoms with Gasteiger partial charge in [-0.15, -0.1) is 0 Å². The lowest BCUT2D eigenvalue weighted by Crippen LogP contribution is -2.44. The number of pyridine rings is 1. The summed E-state index contributed by atoms with van der Waals surface area (Å²) in [6.45, 7) is 7.86. The van der Waals surface area contributed by atoms with Crippen LogP contribution in [0.15, 0.2) is 36.9 Å². The Kier molecular flexibility index (Phi) is 5.88. The largest absolute Gasteiger partial charge is 0.382 e. The van der Waals surface area contributed by atoms with Crippen molar-refractivity contribution in [2.45, 2.75) is 19.9 Å². The number of anilines is 3. The Hall–Kier alpha value is -4.30. The molecule has 1 atom stereocenters. The van der Waals surface area contributed by atoms with E-state index in [1.165, 1.54) is 6.33 Å². The van der Waals surface area contributed by atoms with Crippen LogP contribution in [0.4, 0.5) is 17.5 Å². The van der Waals surface area contributed by atoms with Crippen LogP contribution in [0, 0.1) is 18.3 Å². The van der Waals surface area contributed by atoms with Gasteiger partial charge in [-0.25, -0.2) is 24.5 Å². The van der Waals surface area contributed by atoms with Crippen LogP contribution in [0.25, 0.3) is 16.8 Å². The number of aromatic nitrogens is 6. The van der Waals surface area contributed by atoms with E-state index in [-0.39, 0.29) is 17.4 Å². The number of nitrogen functional groups attached to an aromatic ring is 1. The van der Waals surface area contributed by atoms with E-state index in [4.69, 9.17) is 15.8 Å². The molecule has 1 unspecified atom stereocenters.